The van der Waals surface area contributed by atoms with E-state index in [4.69, 9.17) is 28.9 Å². The Kier molecular flexibility index (Phi) is 4.24. The molecule has 1 aromatic carbocycles. The van der Waals surface area contributed by atoms with Gasteiger partial charge in [0.1, 0.15) is 4.90 Å². The van der Waals surface area contributed by atoms with Gasteiger partial charge in [-0.15, -0.1) is 0 Å². The smallest absolute Gasteiger partial charge is 0.242 e. The lowest BCUT2D eigenvalue weighted by molar-refractivity contribution is 0.581. The summed E-state index contributed by atoms with van der Waals surface area (Å²) >= 11 is 11.7. The van der Waals surface area contributed by atoms with Crippen molar-refractivity contribution in [2.45, 2.75) is 18.4 Å². The molecule has 2 rings (SSSR count). The van der Waals surface area contributed by atoms with Crippen LogP contribution in [0, 0.1) is 6.92 Å². The van der Waals surface area contributed by atoms with Crippen molar-refractivity contribution in [3.05, 3.63) is 39.6 Å². The zero-order chi connectivity index (χ0) is 14.9. The monoisotopic (exact) mass is 334 g/mol. The van der Waals surface area contributed by atoms with E-state index in [-0.39, 0.29) is 27.2 Å². The molecule has 1 aromatic heterocycles. The van der Waals surface area contributed by atoms with Crippen LogP contribution in [0.5, 0.6) is 0 Å². The predicted molar refractivity (Wildman–Crippen MR) is 78.2 cm³/mol. The number of H-pyrrole nitrogens is 1. The number of nitrogens with zero attached hydrogens (tertiary/aromatic N) is 1. The summed E-state index contributed by atoms with van der Waals surface area (Å²) in [5.74, 6) is 0. The molecule has 0 fully saturated rings. The minimum atomic E-state index is -3.79. The third-order valence-corrected chi connectivity index (χ3v) is 5.06. The van der Waals surface area contributed by atoms with E-state index in [0.717, 1.165) is 11.3 Å². The zero-order valence-electron chi connectivity index (χ0n) is 10.4. The summed E-state index contributed by atoms with van der Waals surface area (Å²) in [5.41, 5.74) is 7.19. The Labute approximate surface area is 126 Å². The van der Waals surface area contributed by atoms with E-state index in [9.17, 15) is 8.42 Å². The molecule has 0 radical (unpaired) electrons. The van der Waals surface area contributed by atoms with Crippen LogP contribution < -0.4 is 10.5 Å². The van der Waals surface area contributed by atoms with Crippen molar-refractivity contribution in [1.82, 2.24) is 14.9 Å². The fourth-order valence-corrected chi connectivity index (χ4v) is 3.33. The Morgan fingerprint density at radius 3 is 2.70 bits per heavy atom. The molecule has 0 bridgehead atoms. The molecule has 0 unspecified atom stereocenters. The van der Waals surface area contributed by atoms with Gasteiger partial charge in [0.2, 0.25) is 10.0 Å². The van der Waals surface area contributed by atoms with Gasteiger partial charge in [0, 0.05) is 17.8 Å². The number of hydrogen-bond donors (Lipinski definition) is 3. The second kappa shape index (κ2) is 5.61. The molecule has 4 N–H and O–H groups in total. The van der Waals surface area contributed by atoms with Gasteiger partial charge in [-0.3, -0.25) is 5.10 Å². The quantitative estimate of drug-likeness (QED) is 0.745. The normalized spacial score (nSPS) is 11.8. The Morgan fingerprint density at radius 1 is 1.40 bits per heavy atom. The Morgan fingerprint density at radius 2 is 2.10 bits per heavy atom. The lowest BCUT2D eigenvalue weighted by Crippen LogP contribution is -2.24. The maximum atomic E-state index is 12.2. The largest absolute Gasteiger partial charge is 0.396 e. The standard InChI is InChI=1S/C11H12Cl2N4O2S/c1-6-7(4-15-17-6)5-16-20(18,19)9-3-2-8(12)11(14)10(9)13/h2-4,16H,5,14H2,1H3,(H,15,17). The second-order valence-electron chi connectivity index (χ2n) is 4.12. The third kappa shape index (κ3) is 2.90. The number of halogens is 2. The van der Waals surface area contributed by atoms with E-state index in [1.807, 2.05) is 0 Å². The number of hydrogen-bond acceptors (Lipinski definition) is 4. The number of sulfonamides is 1. The van der Waals surface area contributed by atoms with Crippen molar-refractivity contribution in [3.63, 3.8) is 0 Å². The number of nitrogens with two attached hydrogens (primary N) is 1. The first-order valence-corrected chi connectivity index (χ1v) is 7.79. The van der Waals surface area contributed by atoms with Gasteiger partial charge in [0.25, 0.3) is 0 Å². The SMILES string of the molecule is Cc1[nH]ncc1CNS(=O)(=O)c1ccc(Cl)c(N)c1Cl. The molecule has 1 heterocycles. The maximum absolute atomic E-state index is 12.2. The number of nitrogen functional groups attached to an aromatic ring is 1. The average Bonchev–Trinajstić information content (AvgIpc) is 2.79. The molecule has 0 aliphatic carbocycles. The van der Waals surface area contributed by atoms with Crippen molar-refractivity contribution in [2.75, 3.05) is 5.73 Å². The topological polar surface area (TPSA) is 101 Å². The number of aromatic amines is 1. The molecule has 0 aliphatic rings. The predicted octanol–water partition coefficient (Wildman–Crippen LogP) is 2.09. The van der Waals surface area contributed by atoms with Crippen LogP contribution in [0.3, 0.4) is 0 Å². The van der Waals surface area contributed by atoms with Crippen molar-refractivity contribution in [1.29, 1.82) is 0 Å². The van der Waals surface area contributed by atoms with Crippen LogP contribution in [0.1, 0.15) is 11.3 Å². The molecule has 0 atom stereocenters. The van der Waals surface area contributed by atoms with Gasteiger partial charge in [-0.25, -0.2) is 13.1 Å². The van der Waals surface area contributed by atoms with Gasteiger partial charge in [-0.05, 0) is 19.1 Å². The van der Waals surface area contributed by atoms with Gasteiger partial charge >= 0.3 is 0 Å². The maximum Gasteiger partial charge on any atom is 0.242 e. The van der Waals surface area contributed by atoms with Crippen LogP contribution >= 0.6 is 23.2 Å². The molecular formula is C11H12Cl2N4O2S. The fraction of sp³-hybridized carbons (Fsp3) is 0.182. The van der Waals surface area contributed by atoms with Gasteiger partial charge in [-0.1, -0.05) is 23.2 Å². The first-order chi connectivity index (χ1) is 9.33. The molecule has 0 aliphatic heterocycles. The molecular weight excluding hydrogens is 323 g/mol. The van der Waals surface area contributed by atoms with Gasteiger partial charge in [-0.2, -0.15) is 5.10 Å². The van der Waals surface area contributed by atoms with E-state index in [1.165, 1.54) is 12.1 Å². The van der Waals surface area contributed by atoms with E-state index >= 15 is 0 Å². The molecule has 20 heavy (non-hydrogen) atoms. The molecule has 0 spiro atoms. The summed E-state index contributed by atoms with van der Waals surface area (Å²) in [4.78, 5) is -0.109. The van der Waals surface area contributed by atoms with Gasteiger partial charge in [0.05, 0.1) is 21.9 Å². The minimum Gasteiger partial charge on any atom is -0.396 e. The Bertz CT molecular complexity index is 743. The van der Waals surface area contributed by atoms with Crippen LogP contribution in [-0.4, -0.2) is 18.6 Å². The number of anilines is 1. The first kappa shape index (κ1) is 15.1. The van der Waals surface area contributed by atoms with Crippen molar-refractivity contribution in [2.24, 2.45) is 0 Å². The van der Waals surface area contributed by atoms with E-state index in [1.54, 1.807) is 13.1 Å². The third-order valence-electron chi connectivity index (χ3n) is 2.77. The number of benzene rings is 1. The molecule has 2 aromatic rings. The fourth-order valence-electron chi connectivity index (χ4n) is 1.56. The highest BCUT2D eigenvalue weighted by molar-refractivity contribution is 7.89. The number of nitrogens with one attached hydrogen (secondary N) is 2. The van der Waals surface area contributed by atoms with E-state index in [2.05, 4.69) is 14.9 Å². The van der Waals surface area contributed by atoms with Crippen LogP contribution in [0.15, 0.2) is 23.2 Å². The lowest BCUT2D eigenvalue weighted by atomic mass is 10.3. The molecule has 6 nitrogen and oxygen atoms in total. The second-order valence-corrected chi connectivity index (χ2v) is 6.64. The van der Waals surface area contributed by atoms with Crippen LogP contribution in [0.4, 0.5) is 5.69 Å². The molecule has 0 saturated heterocycles. The van der Waals surface area contributed by atoms with Crippen molar-refractivity contribution >= 4 is 38.9 Å². The summed E-state index contributed by atoms with van der Waals surface area (Å²) < 4.78 is 26.8. The lowest BCUT2D eigenvalue weighted by Gasteiger charge is -2.10. The summed E-state index contributed by atoms with van der Waals surface area (Å²) in [6.45, 7) is 1.90. The Balaban J connectivity index is 2.27. The summed E-state index contributed by atoms with van der Waals surface area (Å²) in [6, 6.07) is 2.70. The van der Waals surface area contributed by atoms with E-state index < -0.39 is 10.0 Å². The molecule has 9 heteroatoms. The highest BCUT2D eigenvalue weighted by Gasteiger charge is 2.20. The number of aromatic nitrogens is 2. The average molecular weight is 335 g/mol. The first-order valence-electron chi connectivity index (χ1n) is 5.55. The Hall–Kier alpha value is -1.28. The highest BCUT2D eigenvalue weighted by atomic mass is 35.5. The minimum absolute atomic E-state index is 0.0377. The van der Waals surface area contributed by atoms with Crippen LogP contribution in [0.2, 0.25) is 10.0 Å². The zero-order valence-corrected chi connectivity index (χ0v) is 12.8. The highest BCUT2D eigenvalue weighted by Crippen LogP contribution is 2.33. The summed E-state index contributed by atoms with van der Waals surface area (Å²) in [5, 5.41) is 6.66. The van der Waals surface area contributed by atoms with Crippen LogP contribution in [-0.2, 0) is 16.6 Å². The van der Waals surface area contributed by atoms with Gasteiger partial charge in [0.15, 0.2) is 0 Å². The molecule has 0 amide bonds. The van der Waals surface area contributed by atoms with Crippen molar-refractivity contribution in [3.8, 4) is 0 Å². The number of rotatable bonds is 4. The summed E-state index contributed by atoms with van der Waals surface area (Å²) in [7, 11) is -3.79. The van der Waals surface area contributed by atoms with E-state index in [0.29, 0.717) is 0 Å². The number of aryl methyl sites for hydroxylation is 1. The summed E-state index contributed by atoms with van der Waals surface area (Å²) in [6.07, 6.45) is 1.55. The van der Waals surface area contributed by atoms with Crippen LogP contribution in [0.25, 0.3) is 0 Å². The van der Waals surface area contributed by atoms with Gasteiger partial charge < -0.3 is 5.73 Å². The van der Waals surface area contributed by atoms with Crippen molar-refractivity contribution < 1.29 is 8.42 Å². The molecule has 108 valence electrons. The molecule has 0 saturated carbocycles.